The molecule has 0 spiro atoms. The number of halogens is 1. The molecule has 0 radical (unpaired) electrons. The largest absolute Gasteiger partial charge is 0.494 e. The van der Waals surface area contributed by atoms with Crippen LogP contribution in [0, 0.1) is 10.1 Å². The quantitative estimate of drug-likeness (QED) is 0.327. The number of benzene rings is 2. The number of nitrogens with zero attached hydrogens (tertiary/aromatic N) is 2. The Hall–Kier alpha value is -2.36. The van der Waals surface area contributed by atoms with E-state index in [1.165, 1.54) is 41.3 Å². The van der Waals surface area contributed by atoms with E-state index in [4.69, 9.17) is 16.3 Å². The summed E-state index contributed by atoms with van der Waals surface area (Å²) >= 11 is 8.78. The standard InChI is InChI=1S/C17H14ClN3O4S2/c1-2-25-11-4-6-14-15(8-11)27-17(20-14)26-9-16(22)19-13-5-3-10(21(23)24)7-12(13)18/h3-8H,2,9H2,1H3,(H,19,22). The number of thiazole rings is 1. The molecule has 0 fully saturated rings. The maximum absolute atomic E-state index is 12.1. The Morgan fingerprint density at radius 3 is 2.89 bits per heavy atom. The highest BCUT2D eigenvalue weighted by Crippen LogP contribution is 2.32. The number of aromatic nitrogens is 1. The summed E-state index contributed by atoms with van der Waals surface area (Å²) in [4.78, 5) is 26.8. The molecule has 3 rings (SSSR count). The number of thioether (sulfide) groups is 1. The Morgan fingerprint density at radius 1 is 1.37 bits per heavy atom. The van der Waals surface area contributed by atoms with Gasteiger partial charge in [-0.25, -0.2) is 4.98 Å². The van der Waals surface area contributed by atoms with Gasteiger partial charge >= 0.3 is 0 Å². The maximum Gasteiger partial charge on any atom is 0.271 e. The summed E-state index contributed by atoms with van der Waals surface area (Å²) in [5.74, 6) is 0.659. The zero-order valence-corrected chi connectivity index (χ0v) is 16.5. The van der Waals surface area contributed by atoms with Gasteiger partial charge < -0.3 is 10.1 Å². The van der Waals surface area contributed by atoms with Gasteiger partial charge in [-0.1, -0.05) is 23.4 Å². The molecular weight excluding hydrogens is 410 g/mol. The van der Waals surface area contributed by atoms with Crippen molar-refractivity contribution >= 4 is 62.2 Å². The average molecular weight is 424 g/mol. The first-order chi connectivity index (χ1) is 13.0. The number of carbonyl (C=O) groups is 1. The van der Waals surface area contributed by atoms with Crippen molar-refractivity contribution in [2.75, 3.05) is 17.7 Å². The molecule has 1 heterocycles. The van der Waals surface area contributed by atoms with E-state index in [1.807, 2.05) is 25.1 Å². The third-order valence-electron chi connectivity index (χ3n) is 3.42. The van der Waals surface area contributed by atoms with Crippen molar-refractivity contribution in [2.24, 2.45) is 0 Å². The van der Waals surface area contributed by atoms with Crippen LogP contribution in [0.25, 0.3) is 10.2 Å². The fourth-order valence-corrected chi connectivity index (χ4v) is 4.35. The van der Waals surface area contributed by atoms with E-state index in [1.54, 1.807) is 0 Å². The van der Waals surface area contributed by atoms with Crippen LogP contribution in [0.1, 0.15) is 6.92 Å². The summed E-state index contributed by atoms with van der Waals surface area (Å²) in [7, 11) is 0. The Kier molecular flexibility index (Phi) is 6.15. The van der Waals surface area contributed by atoms with Crippen molar-refractivity contribution in [1.29, 1.82) is 0 Å². The SMILES string of the molecule is CCOc1ccc2nc(SCC(=O)Nc3ccc([N+](=O)[O-])cc3Cl)sc2c1. The second-order valence-electron chi connectivity index (χ2n) is 5.30. The minimum absolute atomic E-state index is 0.117. The number of amides is 1. The van der Waals surface area contributed by atoms with Crippen molar-refractivity contribution in [3.05, 3.63) is 51.5 Å². The lowest BCUT2D eigenvalue weighted by atomic mass is 10.3. The Balaban J connectivity index is 1.62. The first-order valence-electron chi connectivity index (χ1n) is 7.86. The van der Waals surface area contributed by atoms with Crippen LogP contribution >= 0.6 is 34.7 Å². The van der Waals surface area contributed by atoms with Gasteiger partial charge in [-0.3, -0.25) is 14.9 Å². The number of carbonyl (C=O) groups excluding carboxylic acids is 1. The number of nitro benzene ring substituents is 1. The Morgan fingerprint density at radius 2 is 2.19 bits per heavy atom. The zero-order valence-electron chi connectivity index (χ0n) is 14.1. The second-order valence-corrected chi connectivity index (χ2v) is 7.96. The summed E-state index contributed by atoms with van der Waals surface area (Å²) in [6.45, 7) is 2.52. The molecular formula is C17H14ClN3O4S2. The van der Waals surface area contributed by atoms with E-state index >= 15 is 0 Å². The highest BCUT2D eigenvalue weighted by Gasteiger charge is 2.13. The van der Waals surface area contributed by atoms with Crippen molar-refractivity contribution < 1.29 is 14.5 Å². The molecule has 27 heavy (non-hydrogen) atoms. The van der Waals surface area contributed by atoms with Gasteiger partial charge in [0, 0.05) is 12.1 Å². The lowest BCUT2D eigenvalue weighted by Crippen LogP contribution is -2.14. The maximum atomic E-state index is 12.1. The van der Waals surface area contributed by atoms with Crippen LogP contribution in [-0.2, 0) is 4.79 Å². The average Bonchev–Trinajstić information content (AvgIpc) is 3.04. The van der Waals surface area contributed by atoms with Crippen molar-refractivity contribution in [3.8, 4) is 5.75 Å². The first-order valence-corrected chi connectivity index (χ1v) is 10.0. The van der Waals surface area contributed by atoms with Gasteiger partial charge in [-0.2, -0.15) is 0 Å². The predicted molar refractivity (Wildman–Crippen MR) is 108 cm³/mol. The first kappa shape index (κ1) is 19.4. The van der Waals surface area contributed by atoms with E-state index in [0.717, 1.165) is 20.3 Å². The molecule has 0 saturated carbocycles. The third-order valence-corrected chi connectivity index (χ3v) is 5.89. The minimum Gasteiger partial charge on any atom is -0.494 e. The van der Waals surface area contributed by atoms with Crippen molar-refractivity contribution in [3.63, 3.8) is 0 Å². The molecule has 0 bridgehead atoms. The number of nitrogens with one attached hydrogen (secondary N) is 1. The summed E-state index contributed by atoms with van der Waals surface area (Å²) in [5.41, 5.74) is 1.05. The number of anilines is 1. The van der Waals surface area contributed by atoms with Crippen LogP contribution in [0.4, 0.5) is 11.4 Å². The van der Waals surface area contributed by atoms with E-state index in [0.29, 0.717) is 12.3 Å². The predicted octanol–water partition coefficient (Wildman–Crippen LogP) is 4.99. The molecule has 1 N–H and O–H groups in total. The molecule has 0 aliphatic rings. The molecule has 1 aromatic heterocycles. The molecule has 0 aliphatic carbocycles. The van der Waals surface area contributed by atoms with Crippen LogP contribution < -0.4 is 10.1 Å². The van der Waals surface area contributed by atoms with Crippen LogP contribution in [0.5, 0.6) is 5.75 Å². The molecule has 0 atom stereocenters. The molecule has 1 amide bonds. The number of fused-ring (bicyclic) bond motifs is 1. The lowest BCUT2D eigenvalue weighted by molar-refractivity contribution is -0.384. The van der Waals surface area contributed by atoms with Crippen LogP contribution in [0.3, 0.4) is 0 Å². The molecule has 0 unspecified atom stereocenters. The monoisotopic (exact) mass is 423 g/mol. The molecule has 2 aromatic carbocycles. The Labute approximate surface area is 167 Å². The fraction of sp³-hybridized carbons (Fsp3) is 0.176. The zero-order chi connectivity index (χ0) is 19.4. The topological polar surface area (TPSA) is 94.4 Å². The number of rotatable bonds is 7. The van der Waals surface area contributed by atoms with Gasteiger partial charge in [0.2, 0.25) is 5.91 Å². The summed E-state index contributed by atoms with van der Waals surface area (Å²) in [5, 5.41) is 13.5. The molecule has 0 aliphatic heterocycles. The number of hydrogen-bond acceptors (Lipinski definition) is 7. The number of nitro groups is 1. The van der Waals surface area contributed by atoms with Gasteiger partial charge in [0.15, 0.2) is 4.34 Å². The summed E-state index contributed by atoms with van der Waals surface area (Å²) in [6, 6.07) is 9.58. The molecule has 7 nitrogen and oxygen atoms in total. The molecule has 140 valence electrons. The molecule has 0 saturated heterocycles. The lowest BCUT2D eigenvalue weighted by Gasteiger charge is -2.06. The van der Waals surface area contributed by atoms with Crippen LogP contribution in [0.15, 0.2) is 40.7 Å². The van der Waals surface area contributed by atoms with Crippen molar-refractivity contribution in [1.82, 2.24) is 4.98 Å². The normalized spacial score (nSPS) is 10.7. The van der Waals surface area contributed by atoms with Gasteiger partial charge in [0.25, 0.3) is 5.69 Å². The Bertz CT molecular complexity index is 1010. The summed E-state index contributed by atoms with van der Waals surface area (Å²) < 4.78 is 7.23. The number of non-ortho nitro benzene ring substituents is 1. The van der Waals surface area contributed by atoms with Crippen molar-refractivity contribution in [2.45, 2.75) is 11.3 Å². The number of ether oxygens (including phenoxy) is 1. The molecule has 3 aromatic rings. The highest BCUT2D eigenvalue weighted by atomic mass is 35.5. The second kappa shape index (κ2) is 8.55. The number of hydrogen-bond donors (Lipinski definition) is 1. The van der Waals surface area contributed by atoms with Crippen LogP contribution in [0.2, 0.25) is 5.02 Å². The van der Waals surface area contributed by atoms with E-state index in [9.17, 15) is 14.9 Å². The molecule has 10 heteroatoms. The van der Waals surface area contributed by atoms with Gasteiger partial charge in [-0.05, 0) is 31.2 Å². The third kappa shape index (κ3) is 4.88. The van der Waals surface area contributed by atoms with E-state index in [-0.39, 0.29) is 22.4 Å². The van der Waals surface area contributed by atoms with Crippen LogP contribution in [-0.4, -0.2) is 28.2 Å². The minimum atomic E-state index is -0.544. The fourth-order valence-electron chi connectivity index (χ4n) is 2.23. The van der Waals surface area contributed by atoms with Gasteiger partial charge in [0.1, 0.15) is 5.75 Å². The summed E-state index contributed by atoms with van der Waals surface area (Å²) in [6.07, 6.45) is 0. The van der Waals surface area contributed by atoms with E-state index in [2.05, 4.69) is 10.3 Å². The highest BCUT2D eigenvalue weighted by molar-refractivity contribution is 8.01. The van der Waals surface area contributed by atoms with E-state index < -0.39 is 4.92 Å². The smallest absolute Gasteiger partial charge is 0.271 e. The van der Waals surface area contributed by atoms with Gasteiger partial charge in [0.05, 0.1) is 38.2 Å². The van der Waals surface area contributed by atoms with Gasteiger partial charge in [-0.15, -0.1) is 11.3 Å².